The summed E-state index contributed by atoms with van der Waals surface area (Å²) < 4.78 is 25.7. The molecule has 0 N–H and O–H groups in total. The number of rotatable bonds is 6. The van der Waals surface area contributed by atoms with Crippen LogP contribution < -0.4 is 4.90 Å². The molecule has 0 saturated carbocycles. The summed E-state index contributed by atoms with van der Waals surface area (Å²) in [4.78, 5) is 16.4. The minimum absolute atomic E-state index is 0.330. The molecule has 0 amide bonds. The van der Waals surface area contributed by atoms with Gasteiger partial charge in [0.25, 0.3) is 0 Å². The summed E-state index contributed by atoms with van der Waals surface area (Å²) in [6.45, 7) is 4.07. The fourth-order valence-electron chi connectivity index (χ4n) is 4.60. The van der Waals surface area contributed by atoms with E-state index < -0.39 is 9.84 Å². The summed E-state index contributed by atoms with van der Waals surface area (Å²) >= 11 is 0. The van der Waals surface area contributed by atoms with Crippen LogP contribution in [0, 0.1) is 5.92 Å². The van der Waals surface area contributed by atoms with Gasteiger partial charge in [0.2, 0.25) is 5.95 Å². The topological polar surface area (TPSA) is 81.0 Å². The van der Waals surface area contributed by atoms with Gasteiger partial charge in [-0.25, -0.2) is 23.4 Å². The van der Waals surface area contributed by atoms with Gasteiger partial charge >= 0.3 is 0 Å². The molecule has 4 aromatic rings. The van der Waals surface area contributed by atoms with Crippen LogP contribution in [-0.2, 0) is 22.7 Å². The lowest BCUT2D eigenvalue weighted by Crippen LogP contribution is -2.35. The van der Waals surface area contributed by atoms with Crippen LogP contribution >= 0.6 is 0 Å². The molecular weight excluding hydrogens is 446 g/mol. The molecule has 8 heteroatoms. The van der Waals surface area contributed by atoms with Crippen molar-refractivity contribution in [1.29, 1.82) is 0 Å². The van der Waals surface area contributed by atoms with Crippen molar-refractivity contribution in [1.82, 2.24) is 19.5 Å². The van der Waals surface area contributed by atoms with E-state index in [1.54, 1.807) is 12.1 Å². The number of benzene rings is 1. The van der Waals surface area contributed by atoms with Crippen LogP contribution in [0.1, 0.15) is 30.9 Å². The van der Waals surface area contributed by atoms with Crippen LogP contribution in [0.2, 0.25) is 0 Å². The molecular formula is C26H29N5O2S. The van der Waals surface area contributed by atoms with Crippen LogP contribution in [0.4, 0.5) is 5.95 Å². The van der Waals surface area contributed by atoms with Gasteiger partial charge in [-0.1, -0.05) is 13.0 Å². The maximum atomic E-state index is 11.8. The molecule has 1 aliphatic rings. The Bertz CT molecular complexity index is 1390. The fourth-order valence-corrected chi connectivity index (χ4v) is 5.25. The second kappa shape index (κ2) is 9.18. The Morgan fingerprint density at radius 1 is 0.941 bits per heavy atom. The number of nitrogens with zero attached hydrogens (tertiary/aromatic N) is 5. The van der Waals surface area contributed by atoms with Gasteiger partial charge < -0.3 is 9.47 Å². The molecule has 1 aliphatic heterocycles. The number of aromatic nitrogens is 4. The largest absolute Gasteiger partial charge is 0.341 e. The van der Waals surface area contributed by atoms with Crippen LogP contribution in [0.25, 0.3) is 16.7 Å². The molecule has 1 aromatic carbocycles. The number of piperidine rings is 1. The van der Waals surface area contributed by atoms with Gasteiger partial charge in [0.15, 0.2) is 9.84 Å². The highest BCUT2D eigenvalue weighted by Gasteiger charge is 2.21. The molecule has 0 spiro atoms. The highest BCUT2D eigenvalue weighted by molar-refractivity contribution is 7.90. The van der Waals surface area contributed by atoms with Crippen LogP contribution in [-0.4, -0.2) is 47.3 Å². The van der Waals surface area contributed by atoms with Gasteiger partial charge in [-0.3, -0.25) is 0 Å². The molecule has 4 heterocycles. The highest BCUT2D eigenvalue weighted by atomic mass is 32.2. The molecule has 0 bridgehead atoms. The lowest BCUT2D eigenvalue weighted by molar-refractivity contribution is 0.400. The van der Waals surface area contributed by atoms with Gasteiger partial charge in [0, 0.05) is 49.5 Å². The van der Waals surface area contributed by atoms with Crippen molar-refractivity contribution in [3.8, 4) is 5.82 Å². The first kappa shape index (κ1) is 22.5. The summed E-state index contributed by atoms with van der Waals surface area (Å²) in [5.41, 5.74) is 3.34. The van der Waals surface area contributed by atoms with E-state index in [2.05, 4.69) is 27.9 Å². The molecule has 0 unspecified atom stereocenters. The molecule has 7 nitrogen and oxygen atoms in total. The van der Waals surface area contributed by atoms with Gasteiger partial charge in [-0.15, -0.1) is 0 Å². The van der Waals surface area contributed by atoms with E-state index in [0.717, 1.165) is 61.4 Å². The molecule has 0 radical (unpaired) electrons. The first-order valence-electron chi connectivity index (χ1n) is 11.7. The minimum Gasteiger partial charge on any atom is -0.341 e. The van der Waals surface area contributed by atoms with Crippen LogP contribution in [0.3, 0.4) is 0 Å². The Kier molecular flexibility index (Phi) is 6.08. The number of fused-ring (bicyclic) bond motifs is 1. The predicted octanol–water partition coefficient (Wildman–Crippen LogP) is 4.24. The molecule has 1 saturated heterocycles. The predicted molar refractivity (Wildman–Crippen MR) is 134 cm³/mol. The first-order valence-corrected chi connectivity index (χ1v) is 13.6. The maximum absolute atomic E-state index is 11.8. The van der Waals surface area contributed by atoms with E-state index in [1.165, 1.54) is 17.4 Å². The maximum Gasteiger partial charge on any atom is 0.225 e. The van der Waals surface area contributed by atoms with Gasteiger partial charge in [-0.05, 0) is 73.1 Å². The van der Waals surface area contributed by atoms with E-state index in [-0.39, 0.29) is 0 Å². The number of pyridine rings is 1. The lowest BCUT2D eigenvalue weighted by Gasteiger charge is -2.32. The van der Waals surface area contributed by atoms with Crippen molar-refractivity contribution in [2.24, 2.45) is 5.92 Å². The molecule has 34 heavy (non-hydrogen) atoms. The molecule has 1 fully saturated rings. The second-order valence-electron chi connectivity index (χ2n) is 9.08. The Hall–Kier alpha value is -3.26. The first-order chi connectivity index (χ1) is 16.4. The van der Waals surface area contributed by atoms with E-state index in [4.69, 9.17) is 4.98 Å². The van der Waals surface area contributed by atoms with E-state index in [0.29, 0.717) is 10.8 Å². The number of anilines is 1. The third-order valence-electron chi connectivity index (χ3n) is 6.67. The summed E-state index contributed by atoms with van der Waals surface area (Å²) in [6, 6.07) is 11.3. The molecule has 0 atom stereocenters. The Morgan fingerprint density at radius 2 is 1.68 bits per heavy atom. The zero-order valence-electron chi connectivity index (χ0n) is 19.6. The van der Waals surface area contributed by atoms with E-state index in [1.807, 2.05) is 47.6 Å². The van der Waals surface area contributed by atoms with Crippen molar-refractivity contribution in [2.45, 2.75) is 37.5 Å². The SMILES string of the molecule is CCc1cnc(N2CCC(Cc3ccc(-n4ccc5cc(S(C)(=O)=O)ccc54)nc3)CC2)nc1. The Labute approximate surface area is 200 Å². The summed E-state index contributed by atoms with van der Waals surface area (Å²) in [5.74, 6) is 2.29. The van der Waals surface area contributed by atoms with Crippen LogP contribution in [0.15, 0.2) is 66.1 Å². The van der Waals surface area contributed by atoms with Crippen molar-refractivity contribution in [3.63, 3.8) is 0 Å². The van der Waals surface area contributed by atoms with Gasteiger partial charge in [-0.2, -0.15) is 0 Å². The Morgan fingerprint density at radius 3 is 2.32 bits per heavy atom. The fraction of sp³-hybridized carbons (Fsp3) is 0.346. The average molecular weight is 476 g/mol. The van der Waals surface area contributed by atoms with E-state index >= 15 is 0 Å². The summed E-state index contributed by atoms with van der Waals surface area (Å²) in [7, 11) is -3.23. The summed E-state index contributed by atoms with van der Waals surface area (Å²) in [5, 5.41) is 0.883. The zero-order valence-corrected chi connectivity index (χ0v) is 20.4. The van der Waals surface area contributed by atoms with Crippen molar-refractivity contribution in [3.05, 3.63) is 72.3 Å². The quantitative estimate of drug-likeness (QED) is 0.415. The normalized spacial score (nSPS) is 15.2. The number of aryl methyl sites for hydroxylation is 1. The minimum atomic E-state index is -3.23. The van der Waals surface area contributed by atoms with Gasteiger partial charge in [0.05, 0.1) is 10.4 Å². The highest BCUT2D eigenvalue weighted by Crippen LogP contribution is 2.26. The number of hydrogen-bond donors (Lipinski definition) is 0. The number of sulfone groups is 1. The van der Waals surface area contributed by atoms with Crippen molar-refractivity contribution in [2.75, 3.05) is 24.2 Å². The molecule has 3 aromatic heterocycles. The van der Waals surface area contributed by atoms with Crippen molar-refractivity contribution >= 4 is 26.7 Å². The van der Waals surface area contributed by atoms with Crippen LogP contribution in [0.5, 0.6) is 0 Å². The average Bonchev–Trinajstić information content (AvgIpc) is 3.28. The summed E-state index contributed by atoms with van der Waals surface area (Å²) in [6.07, 6.45) is 13.2. The number of hydrogen-bond acceptors (Lipinski definition) is 6. The third-order valence-corrected chi connectivity index (χ3v) is 7.78. The standard InChI is InChI=1S/C26H29N5O2S/c1-3-19-16-28-26(29-17-19)30-11-8-20(9-12-30)14-21-4-7-25(27-18-21)31-13-10-22-15-23(34(2,32)33)5-6-24(22)31/h4-7,10,13,15-18,20H,3,8-9,11-12,14H2,1-2H3. The van der Waals surface area contributed by atoms with E-state index in [9.17, 15) is 8.42 Å². The second-order valence-corrected chi connectivity index (χ2v) is 11.1. The molecule has 176 valence electrons. The smallest absolute Gasteiger partial charge is 0.225 e. The third kappa shape index (κ3) is 4.68. The lowest BCUT2D eigenvalue weighted by atomic mass is 9.91. The van der Waals surface area contributed by atoms with Crippen molar-refractivity contribution < 1.29 is 8.42 Å². The Balaban J connectivity index is 1.23. The van der Waals surface area contributed by atoms with Gasteiger partial charge in [0.1, 0.15) is 5.82 Å². The molecule has 0 aliphatic carbocycles. The zero-order chi connectivity index (χ0) is 23.7. The molecule has 5 rings (SSSR count). The monoisotopic (exact) mass is 475 g/mol.